The second kappa shape index (κ2) is 5.54. The maximum atomic E-state index is 12.5. The second-order valence-electron chi connectivity index (χ2n) is 5.76. The molecule has 4 atom stereocenters. The number of hydrazine groups is 1. The van der Waals surface area contributed by atoms with E-state index in [4.69, 9.17) is 4.74 Å². The van der Waals surface area contributed by atoms with Crippen LogP contribution in [0.2, 0.25) is 0 Å². The Morgan fingerprint density at radius 3 is 2.25 bits per heavy atom. The number of carboxylic acid groups (broad SMARTS) is 1. The molecule has 4 aliphatic rings. The monoisotopic (exact) mass is 280 g/mol. The maximum Gasteiger partial charge on any atom is 0.307 e. The fraction of sp³-hybridized carbons (Fsp3) is 0.714. The van der Waals surface area contributed by atoms with Crippen LogP contribution < -0.4 is 5.43 Å². The average Bonchev–Trinajstić information content (AvgIpc) is 2.48. The number of rotatable bonds is 3. The van der Waals surface area contributed by atoms with Crippen molar-refractivity contribution in [1.82, 2.24) is 10.4 Å². The van der Waals surface area contributed by atoms with Gasteiger partial charge >= 0.3 is 5.97 Å². The molecule has 6 heteroatoms. The summed E-state index contributed by atoms with van der Waals surface area (Å²) >= 11 is 0. The number of hydrogen-bond acceptors (Lipinski definition) is 4. The maximum absolute atomic E-state index is 12.5. The molecular weight excluding hydrogens is 260 g/mol. The SMILES string of the molecule is O=C(O)[C@H]1[C@H](C(=O)NN2CCOCC2)[C@H]2C=C[C@H]1CC2. The van der Waals surface area contributed by atoms with Crippen molar-refractivity contribution >= 4 is 11.9 Å². The third kappa shape index (κ3) is 2.45. The van der Waals surface area contributed by atoms with Gasteiger partial charge in [-0.05, 0) is 24.7 Å². The molecule has 0 aromatic carbocycles. The zero-order chi connectivity index (χ0) is 14.1. The molecule has 1 saturated carbocycles. The van der Waals surface area contributed by atoms with Crippen molar-refractivity contribution in [1.29, 1.82) is 0 Å². The van der Waals surface area contributed by atoms with Crippen molar-refractivity contribution < 1.29 is 19.4 Å². The summed E-state index contributed by atoms with van der Waals surface area (Å²) in [4.78, 5) is 24.0. The van der Waals surface area contributed by atoms with Gasteiger partial charge in [0, 0.05) is 13.1 Å². The third-order valence-electron chi connectivity index (χ3n) is 4.62. The number of amides is 1. The van der Waals surface area contributed by atoms with E-state index >= 15 is 0 Å². The second-order valence-corrected chi connectivity index (χ2v) is 5.76. The number of carbonyl (C=O) groups excluding carboxylic acids is 1. The van der Waals surface area contributed by atoms with Crippen LogP contribution in [-0.4, -0.2) is 48.3 Å². The lowest BCUT2D eigenvalue weighted by Gasteiger charge is -2.42. The van der Waals surface area contributed by atoms with E-state index in [1.54, 1.807) is 0 Å². The molecule has 0 radical (unpaired) electrons. The lowest BCUT2D eigenvalue weighted by Crippen LogP contribution is -2.55. The minimum Gasteiger partial charge on any atom is -0.481 e. The van der Waals surface area contributed by atoms with E-state index in [1.807, 2.05) is 17.2 Å². The molecule has 2 bridgehead atoms. The van der Waals surface area contributed by atoms with Crippen LogP contribution in [-0.2, 0) is 14.3 Å². The number of hydrogen-bond donors (Lipinski definition) is 2. The fourth-order valence-corrected chi connectivity index (χ4v) is 3.59. The number of morpholine rings is 1. The molecule has 0 spiro atoms. The molecule has 110 valence electrons. The zero-order valence-electron chi connectivity index (χ0n) is 11.3. The number of carboxylic acids is 1. The summed E-state index contributed by atoms with van der Waals surface area (Å²) in [5.74, 6) is -1.98. The fourth-order valence-electron chi connectivity index (χ4n) is 3.59. The summed E-state index contributed by atoms with van der Waals surface area (Å²) in [5, 5.41) is 11.3. The lowest BCUT2D eigenvalue weighted by atomic mass is 9.62. The highest BCUT2D eigenvalue weighted by molar-refractivity contribution is 5.86. The summed E-state index contributed by atoms with van der Waals surface area (Å²) in [6, 6.07) is 0. The van der Waals surface area contributed by atoms with Gasteiger partial charge in [0.15, 0.2) is 0 Å². The van der Waals surface area contributed by atoms with Gasteiger partial charge in [0.25, 0.3) is 0 Å². The minimum atomic E-state index is -0.855. The van der Waals surface area contributed by atoms with Crippen LogP contribution in [0.5, 0.6) is 0 Å². The number of carbonyl (C=O) groups is 2. The Kier molecular flexibility index (Phi) is 3.76. The predicted octanol–water partition coefficient (Wildman–Crippen LogP) is 0.263. The molecule has 2 N–H and O–H groups in total. The van der Waals surface area contributed by atoms with Crippen LogP contribution in [0.3, 0.4) is 0 Å². The normalized spacial score (nSPS) is 36.8. The minimum absolute atomic E-state index is 0.00191. The van der Waals surface area contributed by atoms with E-state index in [-0.39, 0.29) is 17.7 Å². The Balaban J connectivity index is 1.71. The van der Waals surface area contributed by atoms with Crippen LogP contribution in [0, 0.1) is 23.7 Å². The number of allylic oxidation sites excluding steroid dienone is 2. The number of aliphatic carboxylic acids is 1. The van der Waals surface area contributed by atoms with E-state index in [1.165, 1.54) is 0 Å². The molecule has 0 aromatic heterocycles. The van der Waals surface area contributed by atoms with Crippen molar-refractivity contribution in [3.63, 3.8) is 0 Å². The Morgan fingerprint density at radius 2 is 1.70 bits per heavy atom. The average molecular weight is 280 g/mol. The van der Waals surface area contributed by atoms with Gasteiger partial charge < -0.3 is 9.84 Å². The first-order chi connectivity index (χ1) is 9.66. The first kappa shape index (κ1) is 13.6. The molecule has 2 fully saturated rings. The summed E-state index contributed by atoms with van der Waals surface area (Å²) in [6.07, 6.45) is 5.79. The predicted molar refractivity (Wildman–Crippen MR) is 70.5 cm³/mol. The molecule has 1 aliphatic heterocycles. The van der Waals surface area contributed by atoms with E-state index in [9.17, 15) is 14.7 Å². The van der Waals surface area contributed by atoms with Gasteiger partial charge in [0.2, 0.25) is 5.91 Å². The quantitative estimate of drug-likeness (QED) is 0.725. The Hall–Kier alpha value is -1.40. The topological polar surface area (TPSA) is 78.9 Å². The van der Waals surface area contributed by atoms with E-state index < -0.39 is 17.8 Å². The van der Waals surface area contributed by atoms with Gasteiger partial charge in [-0.3, -0.25) is 15.0 Å². The number of nitrogens with zero attached hydrogens (tertiary/aromatic N) is 1. The molecule has 6 nitrogen and oxygen atoms in total. The highest BCUT2D eigenvalue weighted by Crippen LogP contribution is 2.45. The van der Waals surface area contributed by atoms with Crippen LogP contribution in [0.4, 0.5) is 0 Å². The number of nitrogens with one attached hydrogen (secondary N) is 1. The van der Waals surface area contributed by atoms with Crippen LogP contribution in [0.25, 0.3) is 0 Å². The Morgan fingerprint density at radius 1 is 1.10 bits per heavy atom. The van der Waals surface area contributed by atoms with E-state index in [0.29, 0.717) is 26.3 Å². The molecule has 20 heavy (non-hydrogen) atoms. The van der Waals surface area contributed by atoms with Gasteiger partial charge in [0.1, 0.15) is 0 Å². The number of ether oxygens (including phenoxy) is 1. The molecule has 0 unspecified atom stereocenters. The van der Waals surface area contributed by atoms with Crippen molar-refractivity contribution in [2.24, 2.45) is 23.7 Å². The molecule has 3 aliphatic carbocycles. The van der Waals surface area contributed by atoms with Gasteiger partial charge in [-0.15, -0.1) is 0 Å². The van der Waals surface area contributed by atoms with Crippen molar-refractivity contribution in [3.8, 4) is 0 Å². The molecule has 1 heterocycles. The van der Waals surface area contributed by atoms with Crippen molar-refractivity contribution in [2.75, 3.05) is 26.3 Å². The first-order valence-electron chi connectivity index (χ1n) is 7.21. The van der Waals surface area contributed by atoms with E-state index in [0.717, 1.165) is 12.8 Å². The van der Waals surface area contributed by atoms with Crippen molar-refractivity contribution in [3.05, 3.63) is 12.2 Å². The molecule has 1 saturated heterocycles. The van der Waals surface area contributed by atoms with Crippen LogP contribution >= 0.6 is 0 Å². The Bertz CT molecular complexity index is 431. The molecule has 0 aromatic rings. The molecular formula is C14H20N2O4. The summed E-state index contributed by atoms with van der Waals surface area (Å²) in [7, 11) is 0. The molecule has 1 amide bonds. The highest BCUT2D eigenvalue weighted by Gasteiger charge is 2.48. The standard InChI is InChI=1S/C14H20N2O4/c17-13(15-16-5-7-20-8-6-16)11-9-1-3-10(4-2-9)12(11)14(18)19/h1,3,9-12H,2,4-8H2,(H,15,17)(H,18,19)/t9-,10-,11+,12+/m0/s1. The Labute approximate surface area is 117 Å². The van der Waals surface area contributed by atoms with Gasteiger partial charge in [-0.25, -0.2) is 5.01 Å². The van der Waals surface area contributed by atoms with E-state index in [2.05, 4.69) is 5.43 Å². The first-order valence-corrected chi connectivity index (χ1v) is 7.21. The van der Waals surface area contributed by atoms with Gasteiger partial charge in [-0.2, -0.15) is 0 Å². The summed E-state index contributed by atoms with van der Waals surface area (Å²) < 4.78 is 5.24. The molecule has 4 rings (SSSR count). The summed E-state index contributed by atoms with van der Waals surface area (Å²) in [5.41, 5.74) is 2.88. The van der Waals surface area contributed by atoms with Crippen LogP contribution in [0.15, 0.2) is 12.2 Å². The highest BCUT2D eigenvalue weighted by atomic mass is 16.5. The largest absolute Gasteiger partial charge is 0.481 e. The zero-order valence-corrected chi connectivity index (χ0v) is 11.3. The summed E-state index contributed by atoms with van der Waals surface area (Å²) in [6.45, 7) is 2.50. The third-order valence-corrected chi connectivity index (χ3v) is 4.62. The number of fused-ring (bicyclic) bond motifs is 2. The van der Waals surface area contributed by atoms with Crippen LogP contribution in [0.1, 0.15) is 12.8 Å². The lowest BCUT2D eigenvalue weighted by molar-refractivity contribution is -0.155. The smallest absolute Gasteiger partial charge is 0.307 e. The van der Waals surface area contributed by atoms with Crippen molar-refractivity contribution in [2.45, 2.75) is 12.8 Å². The van der Waals surface area contributed by atoms with Gasteiger partial charge in [-0.1, -0.05) is 12.2 Å². The van der Waals surface area contributed by atoms with Gasteiger partial charge in [0.05, 0.1) is 25.0 Å².